The highest BCUT2D eigenvalue weighted by atomic mass is 35.5. The third kappa shape index (κ3) is 8.55. The topological polar surface area (TPSA) is 33.7 Å². The highest BCUT2D eigenvalue weighted by Gasteiger charge is 2.19. The number of halogens is 4. The van der Waals surface area contributed by atoms with Crippen LogP contribution < -0.4 is 14.8 Å². The maximum atomic E-state index is 13.1. The van der Waals surface area contributed by atoms with E-state index in [2.05, 4.69) is 40.5 Å². The molecule has 3 aromatic rings. The molecule has 1 aliphatic heterocycles. The minimum Gasteiger partial charge on any atom is -0.493 e. The molecule has 0 saturated carbocycles. The molecule has 0 atom stereocenters. The fraction of sp³-hybridized carbons (Fsp3) is 0.333. The first-order valence-corrected chi connectivity index (χ1v) is 11.7. The molecular weight excluding hydrogens is 510 g/mol. The van der Waals surface area contributed by atoms with E-state index in [9.17, 15) is 4.39 Å². The quantitative estimate of drug-likeness (QED) is 0.328. The summed E-state index contributed by atoms with van der Waals surface area (Å²) in [7, 11) is 1.61. The van der Waals surface area contributed by atoms with Gasteiger partial charge in [0.25, 0.3) is 0 Å². The first-order valence-electron chi connectivity index (χ1n) is 11.3. The second kappa shape index (κ2) is 14.5. The second-order valence-electron chi connectivity index (χ2n) is 8.44. The van der Waals surface area contributed by atoms with Crippen LogP contribution in [0.3, 0.4) is 0 Å². The van der Waals surface area contributed by atoms with E-state index >= 15 is 0 Å². The summed E-state index contributed by atoms with van der Waals surface area (Å²) in [5.74, 6) is 0.827. The number of nitrogens with one attached hydrogen (secondary N) is 1. The molecule has 1 fully saturated rings. The van der Waals surface area contributed by atoms with Gasteiger partial charge in [0.1, 0.15) is 12.4 Å². The van der Waals surface area contributed by atoms with Crippen LogP contribution in [0.15, 0.2) is 66.7 Å². The van der Waals surface area contributed by atoms with Gasteiger partial charge in [-0.05, 0) is 66.9 Å². The molecule has 1 N–H and O–H groups in total. The van der Waals surface area contributed by atoms with Gasteiger partial charge in [0.15, 0.2) is 11.5 Å². The summed E-state index contributed by atoms with van der Waals surface area (Å²) in [6, 6.07) is 21.2. The lowest BCUT2D eigenvalue weighted by Gasteiger charge is -2.32. The Hall–Kier alpha value is -2.02. The number of hydrogen-bond donors (Lipinski definition) is 1. The highest BCUT2D eigenvalue weighted by Crippen LogP contribution is 2.37. The maximum Gasteiger partial charge on any atom is 0.180 e. The number of benzene rings is 3. The molecular formula is C27H32Cl3FN2O2. The minimum absolute atomic E-state index is 0. The van der Waals surface area contributed by atoms with E-state index in [4.69, 9.17) is 21.1 Å². The van der Waals surface area contributed by atoms with Crippen molar-refractivity contribution in [3.05, 3.63) is 94.3 Å². The zero-order chi connectivity index (χ0) is 23.0. The van der Waals surface area contributed by atoms with Gasteiger partial charge in [-0.1, -0.05) is 54.1 Å². The number of likely N-dealkylation sites (tertiary alicyclic amines) is 1. The Bertz CT molecular complexity index is 1030. The van der Waals surface area contributed by atoms with Gasteiger partial charge in [-0.2, -0.15) is 0 Å². The number of hydrogen-bond acceptors (Lipinski definition) is 4. The van der Waals surface area contributed by atoms with Crippen LogP contribution in [0.25, 0.3) is 0 Å². The van der Waals surface area contributed by atoms with Gasteiger partial charge in [0.2, 0.25) is 0 Å². The van der Waals surface area contributed by atoms with Crippen molar-refractivity contribution in [2.75, 3.05) is 20.2 Å². The molecule has 0 amide bonds. The van der Waals surface area contributed by atoms with E-state index in [-0.39, 0.29) is 37.2 Å². The molecule has 1 heterocycles. The van der Waals surface area contributed by atoms with Crippen molar-refractivity contribution >= 4 is 36.4 Å². The predicted octanol–water partition coefficient (Wildman–Crippen LogP) is 6.66. The summed E-state index contributed by atoms with van der Waals surface area (Å²) in [5, 5.41) is 4.17. The lowest BCUT2D eigenvalue weighted by Crippen LogP contribution is -2.41. The Kier molecular flexibility index (Phi) is 12.1. The molecule has 190 valence electrons. The molecule has 0 unspecified atom stereocenters. The lowest BCUT2D eigenvalue weighted by atomic mass is 10.0. The van der Waals surface area contributed by atoms with Crippen LogP contribution in [-0.4, -0.2) is 31.1 Å². The summed E-state index contributed by atoms with van der Waals surface area (Å²) >= 11 is 6.52. The first-order chi connectivity index (χ1) is 16.1. The van der Waals surface area contributed by atoms with Gasteiger partial charge in [-0.25, -0.2) is 4.39 Å². The van der Waals surface area contributed by atoms with Crippen LogP contribution in [0, 0.1) is 5.82 Å². The van der Waals surface area contributed by atoms with Gasteiger partial charge < -0.3 is 14.8 Å². The molecule has 35 heavy (non-hydrogen) atoms. The zero-order valence-corrected chi connectivity index (χ0v) is 22.1. The number of piperidine rings is 1. The average Bonchev–Trinajstić information content (AvgIpc) is 2.84. The molecule has 8 heteroatoms. The Morgan fingerprint density at radius 2 is 1.63 bits per heavy atom. The normalized spacial score (nSPS) is 14.0. The lowest BCUT2D eigenvalue weighted by molar-refractivity contribution is 0.190. The Morgan fingerprint density at radius 3 is 2.29 bits per heavy atom. The molecule has 0 bridgehead atoms. The molecule has 1 aliphatic rings. The number of methoxy groups -OCH3 is 1. The molecule has 4 rings (SSSR count). The van der Waals surface area contributed by atoms with Crippen LogP contribution in [-0.2, 0) is 19.7 Å². The summed E-state index contributed by atoms with van der Waals surface area (Å²) in [6.45, 7) is 4.20. The monoisotopic (exact) mass is 540 g/mol. The summed E-state index contributed by atoms with van der Waals surface area (Å²) in [5.41, 5.74) is 3.28. The molecule has 1 saturated heterocycles. The molecule has 3 aromatic carbocycles. The minimum atomic E-state index is -0.270. The van der Waals surface area contributed by atoms with E-state index in [0.717, 1.165) is 50.1 Å². The average molecular weight is 542 g/mol. The Labute approximate surface area is 224 Å². The van der Waals surface area contributed by atoms with Gasteiger partial charge in [-0.15, -0.1) is 24.8 Å². The molecule has 0 aliphatic carbocycles. The largest absolute Gasteiger partial charge is 0.493 e. The first kappa shape index (κ1) is 29.2. The fourth-order valence-electron chi connectivity index (χ4n) is 4.15. The molecule has 0 spiro atoms. The van der Waals surface area contributed by atoms with Crippen LogP contribution in [0.5, 0.6) is 11.5 Å². The highest BCUT2D eigenvalue weighted by molar-refractivity contribution is 6.32. The fourth-order valence-corrected chi connectivity index (χ4v) is 4.44. The van der Waals surface area contributed by atoms with Crippen LogP contribution in [0.2, 0.25) is 5.02 Å². The number of rotatable bonds is 9. The zero-order valence-electron chi connectivity index (χ0n) is 19.7. The van der Waals surface area contributed by atoms with E-state index in [1.54, 1.807) is 19.2 Å². The van der Waals surface area contributed by atoms with Crippen molar-refractivity contribution < 1.29 is 13.9 Å². The van der Waals surface area contributed by atoms with Crippen LogP contribution in [0.4, 0.5) is 4.39 Å². The van der Waals surface area contributed by atoms with Gasteiger partial charge in [0, 0.05) is 19.1 Å². The smallest absolute Gasteiger partial charge is 0.180 e. The SMILES string of the molecule is COc1cc(CNC2CCN(Cc3ccccc3)CC2)cc(Cl)c1OCc1ccc(F)cc1.Cl.Cl. The molecule has 4 nitrogen and oxygen atoms in total. The van der Waals surface area contributed by atoms with Gasteiger partial charge in [0.05, 0.1) is 12.1 Å². The number of nitrogens with zero attached hydrogens (tertiary/aromatic N) is 1. The molecule has 0 aromatic heterocycles. The van der Waals surface area contributed by atoms with Crippen molar-refractivity contribution in [2.45, 2.75) is 38.6 Å². The van der Waals surface area contributed by atoms with E-state index in [1.807, 2.05) is 12.1 Å². The van der Waals surface area contributed by atoms with E-state index < -0.39 is 0 Å². The summed E-state index contributed by atoms with van der Waals surface area (Å²) < 4.78 is 24.5. The van der Waals surface area contributed by atoms with Gasteiger partial charge in [-0.3, -0.25) is 4.90 Å². The van der Waals surface area contributed by atoms with Crippen molar-refractivity contribution in [3.63, 3.8) is 0 Å². The molecule has 0 radical (unpaired) electrons. The summed E-state index contributed by atoms with van der Waals surface area (Å²) in [6.07, 6.45) is 2.24. The standard InChI is InChI=1S/C27H30ClFN2O2.2ClH/c1-32-26-16-22(15-25(28)27(26)33-19-21-7-9-23(29)10-8-21)17-30-24-11-13-31(14-12-24)18-20-5-3-2-4-6-20;;/h2-10,15-16,24,30H,11-14,17-19H2,1H3;2*1H. The van der Waals surface area contributed by atoms with Crippen molar-refractivity contribution in [3.8, 4) is 11.5 Å². The van der Waals surface area contributed by atoms with Crippen molar-refractivity contribution in [2.24, 2.45) is 0 Å². The van der Waals surface area contributed by atoms with Crippen molar-refractivity contribution in [1.82, 2.24) is 10.2 Å². The van der Waals surface area contributed by atoms with Gasteiger partial charge >= 0.3 is 0 Å². The third-order valence-electron chi connectivity index (χ3n) is 6.02. The second-order valence-corrected chi connectivity index (χ2v) is 8.85. The Morgan fingerprint density at radius 1 is 0.943 bits per heavy atom. The Balaban J connectivity index is 0.00000216. The summed E-state index contributed by atoms with van der Waals surface area (Å²) in [4.78, 5) is 2.51. The van der Waals surface area contributed by atoms with Crippen molar-refractivity contribution in [1.29, 1.82) is 0 Å². The van der Waals surface area contributed by atoms with Crippen LogP contribution >= 0.6 is 36.4 Å². The van der Waals surface area contributed by atoms with E-state index in [0.29, 0.717) is 22.6 Å². The maximum absolute atomic E-state index is 13.1. The third-order valence-corrected chi connectivity index (χ3v) is 6.30. The number of ether oxygens (including phenoxy) is 2. The predicted molar refractivity (Wildman–Crippen MR) is 145 cm³/mol. The van der Waals surface area contributed by atoms with E-state index in [1.165, 1.54) is 17.7 Å². The van der Waals surface area contributed by atoms with Crippen LogP contribution in [0.1, 0.15) is 29.5 Å².